The number of ether oxygens (including phenoxy) is 2. The molecule has 1 saturated carbocycles. The molecule has 1 aromatic carbocycles. The summed E-state index contributed by atoms with van der Waals surface area (Å²) in [6.07, 6.45) is 3.82. The van der Waals surface area contributed by atoms with Gasteiger partial charge in [0.15, 0.2) is 0 Å². The lowest BCUT2D eigenvalue weighted by Gasteiger charge is -2.33. The van der Waals surface area contributed by atoms with Crippen molar-refractivity contribution in [2.45, 2.75) is 38.3 Å². The smallest absolute Gasteiger partial charge is 0.121 e. The minimum Gasteiger partial charge on any atom is -0.494 e. The van der Waals surface area contributed by atoms with Crippen LogP contribution in [0.4, 0.5) is 5.69 Å². The van der Waals surface area contributed by atoms with Crippen LogP contribution in [0.1, 0.15) is 26.2 Å². The molecule has 3 rings (SSSR count). The van der Waals surface area contributed by atoms with Crippen LogP contribution in [-0.4, -0.2) is 38.4 Å². The summed E-state index contributed by atoms with van der Waals surface area (Å²) in [5.41, 5.74) is 1.16. The third kappa shape index (κ3) is 3.69. The maximum Gasteiger partial charge on any atom is 0.121 e. The summed E-state index contributed by atoms with van der Waals surface area (Å²) in [7, 11) is 0. The van der Waals surface area contributed by atoms with Crippen molar-refractivity contribution in [2.75, 3.05) is 31.7 Å². The molecule has 116 valence electrons. The van der Waals surface area contributed by atoms with Gasteiger partial charge in [-0.2, -0.15) is 0 Å². The Hall–Kier alpha value is -1.26. The number of benzene rings is 1. The van der Waals surface area contributed by atoms with Gasteiger partial charge in [-0.3, -0.25) is 0 Å². The van der Waals surface area contributed by atoms with Crippen LogP contribution in [0, 0.1) is 5.92 Å². The van der Waals surface area contributed by atoms with Gasteiger partial charge in [-0.1, -0.05) is 12.5 Å². The molecule has 21 heavy (non-hydrogen) atoms. The molecule has 4 nitrogen and oxygen atoms in total. The second-order valence-electron chi connectivity index (χ2n) is 5.94. The van der Waals surface area contributed by atoms with E-state index in [1.54, 1.807) is 0 Å². The highest BCUT2D eigenvalue weighted by molar-refractivity contribution is 5.49. The molecule has 0 bridgehead atoms. The van der Waals surface area contributed by atoms with E-state index in [1.165, 1.54) is 19.3 Å². The zero-order chi connectivity index (χ0) is 14.5. The van der Waals surface area contributed by atoms with Gasteiger partial charge in [0.25, 0.3) is 0 Å². The van der Waals surface area contributed by atoms with E-state index in [2.05, 4.69) is 28.8 Å². The maximum atomic E-state index is 5.63. The van der Waals surface area contributed by atoms with Crippen LogP contribution in [0.25, 0.3) is 0 Å². The summed E-state index contributed by atoms with van der Waals surface area (Å²) in [5, 5.41) is 7.33. The molecule has 4 heteroatoms. The predicted molar refractivity (Wildman–Crippen MR) is 85.0 cm³/mol. The van der Waals surface area contributed by atoms with Crippen molar-refractivity contribution in [3.63, 3.8) is 0 Å². The van der Waals surface area contributed by atoms with E-state index in [0.29, 0.717) is 24.6 Å². The molecule has 0 spiro atoms. The quantitative estimate of drug-likeness (QED) is 0.875. The van der Waals surface area contributed by atoms with E-state index < -0.39 is 0 Å². The summed E-state index contributed by atoms with van der Waals surface area (Å²) in [6.45, 7) is 5.40. The Labute approximate surface area is 127 Å². The molecule has 1 aliphatic heterocycles. The number of morpholine rings is 1. The highest BCUT2D eigenvalue weighted by Gasteiger charge is 2.34. The zero-order valence-corrected chi connectivity index (χ0v) is 12.8. The Kier molecular flexibility index (Phi) is 4.99. The zero-order valence-electron chi connectivity index (χ0n) is 12.8. The third-order valence-corrected chi connectivity index (χ3v) is 4.53. The second kappa shape index (κ2) is 7.14. The first-order chi connectivity index (χ1) is 10.4. The largest absolute Gasteiger partial charge is 0.494 e. The summed E-state index contributed by atoms with van der Waals surface area (Å²) in [6, 6.07) is 9.32. The Balaban J connectivity index is 1.64. The van der Waals surface area contributed by atoms with Crippen LogP contribution in [0.2, 0.25) is 0 Å². The molecule has 1 aliphatic carbocycles. The molecule has 0 aromatic heterocycles. The van der Waals surface area contributed by atoms with E-state index in [-0.39, 0.29) is 0 Å². The van der Waals surface area contributed by atoms with Gasteiger partial charge in [0.2, 0.25) is 0 Å². The number of hydrogen-bond donors (Lipinski definition) is 2. The highest BCUT2D eigenvalue weighted by atomic mass is 16.5. The minimum absolute atomic E-state index is 0.494. The fourth-order valence-corrected chi connectivity index (χ4v) is 3.57. The van der Waals surface area contributed by atoms with Crippen LogP contribution in [0.15, 0.2) is 24.3 Å². The van der Waals surface area contributed by atoms with Gasteiger partial charge in [-0.25, -0.2) is 0 Å². The Morgan fingerprint density at radius 2 is 2.33 bits per heavy atom. The van der Waals surface area contributed by atoms with Gasteiger partial charge in [0.05, 0.1) is 19.8 Å². The molecule has 3 atom stereocenters. The lowest BCUT2D eigenvalue weighted by Crippen LogP contribution is -2.49. The second-order valence-corrected chi connectivity index (χ2v) is 5.94. The van der Waals surface area contributed by atoms with E-state index in [9.17, 15) is 0 Å². The van der Waals surface area contributed by atoms with Crippen molar-refractivity contribution in [3.8, 4) is 5.75 Å². The molecule has 1 aromatic rings. The summed E-state index contributed by atoms with van der Waals surface area (Å²) in [4.78, 5) is 0. The van der Waals surface area contributed by atoms with Crippen molar-refractivity contribution in [1.29, 1.82) is 0 Å². The van der Waals surface area contributed by atoms with Crippen molar-refractivity contribution in [1.82, 2.24) is 5.32 Å². The first kappa shape index (κ1) is 14.7. The van der Waals surface area contributed by atoms with Crippen molar-refractivity contribution in [2.24, 2.45) is 5.92 Å². The third-order valence-electron chi connectivity index (χ3n) is 4.53. The molecule has 2 N–H and O–H groups in total. The van der Waals surface area contributed by atoms with Gasteiger partial charge >= 0.3 is 0 Å². The van der Waals surface area contributed by atoms with Crippen molar-refractivity contribution in [3.05, 3.63) is 24.3 Å². The Bertz CT molecular complexity index is 446. The number of hydrogen-bond acceptors (Lipinski definition) is 4. The summed E-state index contributed by atoms with van der Waals surface area (Å²) >= 11 is 0. The molecular weight excluding hydrogens is 264 g/mol. The molecule has 0 radical (unpaired) electrons. The number of anilines is 1. The van der Waals surface area contributed by atoms with Crippen LogP contribution >= 0.6 is 0 Å². The molecule has 3 unspecified atom stereocenters. The van der Waals surface area contributed by atoms with Crippen molar-refractivity contribution >= 4 is 5.69 Å². The Morgan fingerprint density at radius 1 is 1.38 bits per heavy atom. The molecule has 1 heterocycles. The van der Waals surface area contributed by atoms with E-state index in [1.807, 2.05) is 13.0 Å². The summed E-state index contributed by atoms with van der Waals surface area (Å²) in [5.74, 6) is 1.59. The predicted octanol–water partition coefficient (Wildman–Crippen LogP) is 2.65. The van der Waals surface area contributed by atoms with Crippen LogP contribution in [0.3, 0.4) is 0 Å². The molecular formula is C17H26N2O2. The number of nitrogens with one attached hydrogen (secondary N) is 2. The average molecular weight is 290 g/mol. The highest BCUT2D eigenvalue weighted by Crippen LogP contribution is 2.32. The van der Waals surface area contributed by atoms with Gasteiger partial charge in [-0.05, 0) is 37.8 Å². The fraction of sp³-hybridized carbons (Fsp3) is 0.647. The average Bonchev–Trinajstić information content (AvgIpc) is 2.97. The monoisotopic (exact) mass is 290 g/mol. The van der Waals surface area contributed by atoms with Gasteiger partial charge in [0, 0.05) is 30.4 Å². The van der Waals surface area contributed by atoms with E-state index >= 15 is 0 Å². The lowest BCUT2D eigenvalue weighted by atomic mass is 9.94. The minimum atomic E-state index is 0.494. The molecule has 1 saturated heterocycles. The van der Waals surface area contributed by atoms with E-state index in [4.69, 9.17) is 9.47 Å². The number of rotatable bonds is 5. The molecule has 0 amide bonds. The Morgan fingerprint density at radius 3 is 3.14 bits per heavy atom. The van der Waals surface area contributed by atoms with Crippen LogP contribution < -0.4 is 15.4 Å². The maximum absolute atomic E-state index is 5.63. The first-order valence-electron chi connectivity index (χ1n) is 8.17. The normalized spacial score (nSPS) is 29.3. The molecule has 2 fully saturated rings. The fourth-order valence-electron chi connectivity index (χ4n) is 3.57. The van der Waals surface area contributed by atoms with Gasteiger partial charge in [0.1, 0.15) is 5.75 Å². The summed E-state index contributed by atoms with van der Waals surface area (Å²) < 4.78 is 11.2. The van der Waals surface area contributed by atoms with Crippen LogP contribution in [0.5, 0.6) is 5.75 Å². The lowest BCUT2D eigenvalue weighted by molar-refractivity contribution is 0.0559. The standard InChI is InChI=1S/C17H26N2O2/c1-2-21-14-6-3-5-13(11-14)19-16-8-4-7-15(16)17-12-20-10-9-18-17/h3,5-6,11,15-19H,2,4,7-10,12H2,1H3. The SMILES string of the molecule is CCOc1cccc(NC2CCCC2C2COCCN2)c1. The van der Waals surface area contributed by atoms with Gasteiger partial charge < -0.3 is 20.1 Å². The topological polar surface area (TPSA) is 42.5 Å². The van der Waals surface area contributed by atoms with Crippen molar-refractivity contribution < 1.29 is 9.47 Å². The van der Waals surface area contributed by atoms with Crippen LogP contribution in [-0.2, 0) is 4.74 Å². The molecule has 2 aliphatic rings. The van der Waals surface area contributed by atoms with Gasteiger partial charge in [-0.15, -0.1) is 0 Å². The van der Waals surface area contributed by atoms with E-state index in [0.717, 1.165) is 31.2 Å². The first-order valence-corrected chi connectivity index (χ1v) is 8.17.